The summed E-state index contributed by atoms with van der Waals surface area (Å²) in [7, 11) is 0. The topological polar surface area (TPSA) is 80.4 Å². The summed E-state index contributed by atoms with van der Waals surface area (Å²) >= 11 is 6.15. The zero-order valence-electron chi connectivity index (χ0n) is 13.3. The van der Waals surface area contributed by atoms with Crippen LogP contribution in [0.4, 0.5) is 5.69 Å². The number of pyridine rings is 1. The Hall–Kier alpha value is -2.47. The lowest BCUT2D eigenvalue weighted by Gasteiger charge is -2.10. The fourth-order valence-electron chi connectivity index (χ4n) is 2.49. The second kappa shape index (κ2) is 6.57. The maximum Gasteiger partial charge on any atom is 0.255 e. The molecule has 2 N–H and O–H groups in total. The van der Waals surface area contributed by atoms with Crippen LogP contribution in [0.2, 0.25) is 5.02 Å². The molecule has 0 radical (unpaired) electrons. The normalized spacial score (nSPS) is 12.5. The molecule has 2 aromatic rings. The Balaban J connectivity index is 1.85. The summed E-state index contributed by atoms with van der Waals surface area (Å²) in [6, 6.07) is 6.13. The lowest BCUT2D eigenvalue weighted by molar-refractivity contribution is 0.102. The molecule has 0 bridgehead atoms. The van der Waals surface area contributed by atoms with Crippen LogP contribution >= 0.6 is 11.6 Å². The van der Waals surface area contributed by atoms with Crippen LogP contribution in [0.25, 0.3) is 0 Å². The van der Waals surface area contributed by atoms with Crippen molar-refractivity contribution in [3.05, 3.63) is 50.9 Å². The number of aromatic amines is 1. The van der Waals surface area contributed by atoms with Gasteiger partial charge in [0.1, 0.15) is 0 Å². The predicted molar refractivity (Wildman–Crippen MR) is 91.1 cm³/mol. The number of amides is 1. The molecule has 0 fully saturated rings. The van der Waals surface area contributed by atoms with Gasteiger partial charge in [0, 0.05) is 29.5 Å². The maximum atomic E-state index is 12.5. The molecule has 1 aromatic heterocycles. The molecule has 0 spiro atoms. The molecule has 126 valence electrons. The highest BCUT2D eigenvalue weighted by Gasteiger charge is 2.18. The fourth-order valence-corrected chi connectivity index (χ4v) is 2.69. The minimum atomic E-state index is -0.410. The van der Waals surface area contributed by atoms with Crippen molar-refractivity contribution in [3.8, 4) is 11.5 Å². The molecule has 3 rings (SSSR count). The van der Waals surface area contributed by atoms with Crippen molar-refractivity contribution in [3.63, 3.8) is 0 Å². The first-order valence-corrected chi connectivity index (χ1v) is 7.94. The zero-order chi connectivity index (χ0) is 17.3. The van der Waals surface area contributed by atoms with Gasteiger partial charge >= 0.3 is 0 Å². The van der Waals surface area contributed by atoms with Gasteiger partial charge in [-0.3, -0.25) is 9.59 Å². The van der Waals surface area contributed by atoms with Gasteiger partial charge in [0.15, 0.2) is 11.5 Å². The molecular weight excluding hydrogens is 332 g/mol. The van der Waals surface area contributed by atoms with E-state index in [1.165, 1.54) is 6.07 Å². The van der Waals surface area contributed by atoms with Crippen LogP contribution in [0.5, 0.6) is 11.5 Å². The van der Waals surface area contributed by atoms with Crippen molar-refractivity contribution in [2.75, 3.05) is 12.1 Å². The van der Waals surface area contributed by atoms with Gasteiger partial charge in [-0.1, -0.05) is 25.4 Å². The first kappa shape index (κ1) is 16.4. The zero-order valence-corrected chi connectivity index (χ0v) is 14.1. The monoisotopic (exact) mass is 348 g/mol. The number of benzene rings is 1. The standard InChI is InChI=1S/C17H17ClN2O4/c1-9(2)3-11-4-10(5-16(21)19-11)17(22)20-13-7-15-14(6-12(13)18)23-8-24-15/h4-7,9H,3,8H2,1-2H3,(H,19,21)(H,20,22). The van der Waals surface area contributed by atoms with Crippen LogP contribution < -0.4 is 20.3 Å². The van der Waals surface area contributed by atoms with E-state index in [9.17, 15) is 9.59 Å². The van der Waals surface area contributed by atoms with Crippen LogP contribution in [-0.2, 0) is 6.42 Å². The highest BCUT2D eigenvalue weighted by molar-refractivity contribution is 6.34. The third-order valence-electron chi connectivity index (χ3n) is 3.50. The number of aromatic nitrogens is 1. The molecule has 7 heteroatoms. The van der Waals surface area contributed by atoms with Crippen LogP contribution in [0.3, 0.4) is 0 Å². The molecule has 2 heterocycles. The van der Waals surface area contributed by atoms with Crippen molar-refractivity contribution >= 4 is 23.2 Å². The highest BCUT2D eigenvalue weighted by atomic mass is 35.5. The molecule has 1 aromatic carbocycles. The summed E-state index contributed by atoms with van der Waals surface area (Å²) in [5.41, 5.74) is 1.09. The number of nitrogens with one attached hydrogen (secondary N) is 2. The van der Waals surface area contributed by atoms with Crippen molar-refractivity contribution < 1.29 is 14.3 Å². The Kier molecular flexibility index (Phi) is 4.49. The third-order valence-corrected chi connectivity index (χ3v) is 3.81. The quantitative estimate of drug-likeness (QED) is 0.889. The molecule has 1 aliphatic rings. The van der Waals surface area contributed by atoms with E-state index in [1.54, 1.807) is 18.2 Å². The molecule has 1 amide bonds. The van der Waals surface area contributed by atoms with Gasteiger partial charge in [-0.2, -0.15) is 0 Å². The molecule has 0 saturated carbocycles. The Morgan fingerprint density at radius 2 is 1.96 bits per heavy atom. The number of ether oxygens (including phenoxy) is 2. The van der Waals surface area contributed by atoms with E-state index in [2.05, 4.69) is 10.3 Å². The molecule has 0 aliphatic carbocycles. The van der Waals surface area contributed by atoms with Gasteiger partial charge in [-0.05, 0) is 18.4 Å². The molecule has 24 heavy (non-hydrogen) atoms. The van der Waals surface area contributed by atoms with Crippen LogP contribution in [0, 0.1) is 5.92 Å². The second-order valence-electron chi connectivity index (χ2n) is 6.00. The molecule has 0 saturated heterocycles. The number of halogens is 1. The van der Waals surface area contributed by atoms with E-state index in [0.717, 1.165) is 5.69 Å². The fraction of sp³-hybridized carbons (Fsp3) is 0.294. The molecule has 6 nitrogen and oxygen atoms in total. The van der Waals surface area contributed by atoms with Gasteiger partial charge in [0.2, 0.25) is 12.4 Å². The molecule has 0 unspecified atom stereocenters. The van der Waals surface area contributed by atoms with Crippen LogP contribution in [-0.4, -0.2) is 17.7 Å². The van der Waals surface area contributed by atoms with Gasteiger partial charge in [0.25, 0.3) is 5.91 Å². The van der Waals surface area contributed by atoms with E-state index >= 15 is 0 Å². The maximum absolute atomic E-state index is 12.5. The van der Waals surface area contributed by atoms with Gasteiger partial charge < -0.3 is 19.8 Å². The third kappa shape index (κ3) is 3.54. The summed E-state index contributed by atoms with van der Waals surface area (Å²) in [4.78, 5) is 27.0. The van der Waals surface area contributed by atoms with E-state index < -0.39 is 5.91 Å². The minimum absolute atomic E-state index is 0.121. The summed E-state index contributed by atoms with van der Waals surface area (Å²) in [5.74, 6) is 1.00. The number of carbonyl (C=O) groups excluding carboxylic acids is 1. The highest BCUT2D eigenvalue weighted by Crippen LogP contribution is 2.39. The Morgan fingerprint density at radius 1 is 1.25 bits per heavy atom. The van der Waals surface area contributed by atoms with Crippen molar-refractivity contribution in [2.45, 2.75) is 20.3 Å². The Morgan fingerprint density at radius 3 is 2.67 bits per heavy atom. The lowest BCUT2D eigenvalue weighted by atomic mass is 10.1. The minimum Gasteiger partial charge on any atom is -0.454 e. The second-order valence-corrected chi connectivity index (χ2v) is 6.40. The van der Waals surface area contributed by atoms with Gasteiger partial charge in [0.05, 0.1) is 10.7 Å². The number of anilines is 1. The summed E-state index contributed by atoms with van der Waals surface area (Å²) < 4.78 is 10.5. The number of fused-ring (bicyclic) bond motifs is 1. The van der Waals surface area contributed by atoms with Crippen molar-refractivity contribution in [1.82, 2.24) is 4.98 Å². The number of hydrogen-bond donors (Lipinski definition) is 2. The lowest BCUT2D eigenvalue weighted by Crippen LogP contribution is -2.18. The van der Waals surface area contributed by atoms with Crippen molar-refractivity contribution in [2.24, 2.45) is 5.92 Å². The van der Waals surface area contributed by atoms with Crippen LogP contribution in [0.1, 0.15) is 29.9 Å². The largest absolute Gasteiger partial charge is 0.454 e. The Bertz CT molecular complexity index is 845. The van der Waals surface area contributed by atoms with E-state index in [4.69, 9.17) is 21.1 Å². The SMILES string of the molecule is CC(C)Cc1cc(C(=O)Nc2cc3c(cc2Cl)OCO3)cc(=O)[nH]1. The summed E-state index contributed by atoms with van der Waals surface area (Å²) in [6.45, 7) is 4.20. The summed E-state index contributed by atoms with van der Waals surface area (Å²) in [5, 5.41) is 3.04. The van der Waals surface area contributed by atoms with Crippen molar-refractivity contribution in [1.29, 1.82) is 0 Å². The average molecular weight is 349 g/mol. The number of hydrogen-bond acceptors (Lipinski definition) is 4. The number of rotatable bonds is 4. The van der Waals surface area contributed by atoms with Gasteiger partial charge in [-0.25, -0.2) is 0 Å². The Labute approximate surface area is 143 Å². The molecule has 0 atom stereocenters. The first-order valence-electron chi connectivity index (χ1n) is 7.56. The smallest absolute Gasteiger partial charge is 0.255 e. The van der Waals surface area contributed by atoms with Gasteiger partial charge in [-0.15, -0.1) is 0 Å². The van der Waals surface area contributed by atoms with E-state index in [-0.39, 0.29) is 17.9 Å². The number of carbonyl (C=O) groups is 1. The first-order chi connectivity index (χ1) is 11.4. The summed E-state index contributed by atoms with van der Waals surface area (Å²) in [6.07, 6.45) is 0.682. The average Bonchev–Trinajstić information content (AvgIpc) is 2.93. The predicted octanol–water partition coefficient (Wildman–Crippen LogP) is 3.21. The van der Waals surface area contributed by atoms with E-state index in [1.807, 2.05) is 13.8 Å². The molecular formula is C17H17ClN2O4. The molecule has 1 aliphatic heterocycles. The van der Waals surface area contributed by atoms with Crippen LogP contribution in [0.15, 0.2) is 29.1 Å². The van der Waals surface area contributed by atoms with E-state index in [0.29, 0.717) is 34.5 Å². The number of H-pyrrole nitrogens is 1.